The molecular formula is C11H17N9O. The number of aromatic nitrogens is 5. The van der Waals surface area contributed by atoms with Gasteiger partial charge in [0.1, 0.15) is 6.33 Å². The number of carbonyl (C=O) groups is 1. The maximum Gasteiger partial charge on any atom is 0.243 e. The molecule has 4 N–H and O–H groups in total. The Bertz CT molecular complexity index is 598. The second-order valence-electron chi connectivity index (χ2n) is 4.18. The van der Waals surface area contributed by atoms with Gasteiger partial charge in [-0.1, -0.05) is 0 Å². The maximum absolute atomic E-state index is 11.6. The minimum atomic E-state index is -0.119. The van der Waals surface area contributed by atoms with Gasteiger partial charge in [0.15, 0.2) is 0 Å². The van der Waals surface area contributed by atoms with E-state index in [2.05, 4.69) is 30.7 Å². The van der Waals surface area contributed by atoms with Gasteiger partial charge in [-0.25, -0.2) is 10.8 Å². The molecule has 0 fully saturated rings. The third kappa shape index (κ3) is 3.63. The molecule has 2 aromatic rings. The smallest absolute Gasteiger partial charge is 0.243 e. The number of likely N-dealkylation sites (N-methyl/N-ethyl adjacent to an activating group) is 2. The third-order valence-corrected chi connectivity index (χ3v) is 2.57. The molecule has 112 valence electrons. The van der Waals surface area contributed by atoms with E-state index in [1.807, 2.05) is 6.92 Å². The molecule has 2 rings (SSSR count). The number of amides is 1. The van der Waals surface area contributed by atoms with Crippen molar-refractivity contribution in [2.24, 2.45) is 5.84 Å². The van der Waals surface area contributed by atoms with Crippen molar-refractivity contribution in [3.05, 3.63) is 18.7 Å². The Morgan fingerprint density at radius 3 is 2.86 bits per heavy atom. The third-order valence-electron chi connectivity index (χ3n) is 2.57. The van der Waals surface area contributed by atoms with Crippen LogP contribution in [0.1, 0.15) is 6.92 Å². The first-order valence-corrected chi connectivity index (χ1v) is 6.33. The van der Waals surface area contributed by atoms with Gasteiger partial charge < -0.3 is 10.2 Å². The fourth-order valence-corrected chi connectivity index (χ4v) is 1.62. The summed E-state index contributed by atoms with van der Waals surface area (Å²) in [5, 5.41) is 2.71. The Morgan fingerprint density at radius 1 is 1.43 bits per heavy atom. The van der Waals surface area contributed by atoms with Crippen molar-refractivity contribution in [1.82, 2.24) is 29.8 Å². The van der Waals surface area contributed by atoms with Crippen LogP contribution in [0.2, 0.25) is 0 Å². The van der Waals surface area contributed by atoms with Crippen molar-refractivity contribution < 1.29 is 4.79 Å². The molecule has 0 unspecified atom stereocenters. The van der Waals surface area contributed by atoms with E-state index in [-0.39, 0.29) is 18.4 Å². The Balaban J connectivity index is 2.26. The van der Waals surface area contributed by atoms with Crippen LogP contribution < -0.4 is 21.5 Å². The average molecular weight is 291 g/mol. The second kappa shape index (κ2) is 6.61. The van der Waals surface area contributed by atoms with Crippen molar-refractivity contribution in [2.75, 3.05) is 30.5 Å². The highest BCUT2D eigenvalue weighted by Gasteiger charge is 2.13. The molecule has 0 aromatic carbocycles. The van der Waals surface area contributed by atoms with E-state index in [4.69, 9.17) is 5.84 Å². The summed E-state index contributed by atoms with van der Waals surface area (Å²) >= 11 is 0. The summed E-state index contributed by atoms with van der Waals surface area (Å²) in [6.07, 6.45) is 4.86. The Labute approximate surface area is 121 Å². The first-order chi connectivity index (χ1) is 10.1. The largest absolute Gasteiger partial charge is 0.355 e. The first kappa shape index (κ1) is 14.7. The zero-order chi connectivity index (χ0) is 15.2. The Kier molecular flexibility index (Phi) is 4.61. The van der Waals surface area contributed by atoms with Crippen LogP contribution in [-0.2, 0) is 4.79 Å². The van der Waals surface area contributed by atoms with Gasteiger partial charge in [-0.3, -0.25) is 14.8 Å². The van der Waals surface area contributed by atoms with Crippen LogP contribution in [0.4, 0.5) is 11.9 Å². The molecule has 2 heterocycles. The molecule has 0 saturated heterocycles. The highest BCUT2D eigenvalue weighted by molar-refractivity contribution is 5.80. The van der Waals surface area contributed by atoms with E-state index in [0.29, 0.717) is 18.4 Å². The molecule has 0 saturated carbocycles. The van der Waals surface area contributed by atoms with E-state index < -0.39 is 0 Å². The maximum atomic E-state index is 11.6. The Hall–Kier alpha value is -2.75. The predicted octanol–water partition coefficient (Wildman–Crippen LogP) is -1.08. The van der Waals surface area contributed by atoms with Gasteiger partial charge in [0.2, 0.25) is 23.8 Å². The number of nitrogen functional groups attached to an aromatic ring is 1. The fourth-order valence-electron chi connectivity index (χ4n) is 1.62. The summed E-state index contributed by atoms with van der Waals surface area (Å²) in [4.78, 5) is 29.7. The lowest BCUT2D eigenvalue weighted by Gasteiger charge is -2.17. The molecular weight excluding hydrogens is 274 g/mol. The molecule has 0 bridgehead atoms. The lowest BCUT2D eigenvalue weighted by atomic mass is 10.5. The first-order valence-electron chi connectivity index (χ1n) is 6.33. The zero-order valence-corrected chi connectivity index (χ0v) is 11.8. The van der Waals surface area contributed by atoms with E-state index in [9.17, 15) is 4.79 Å². The van der Waals surface area contributed by atoms with Gasteiger partial charge >= 0.3 is 0 Å². The SMILES string of the molecule is CCNC(=O)CN(C)c1nc(NN)nc(-n2ccnc2)n1. The number of hydrogen-bond donors (Lipinski definition) is 3. The molecule has 21 heavy (non-hydrogen) atoms. The zero-order valence-electron chi connectivity index (χ0n) is 11.8. The van der Waals surface area contributed by atoms with Crippen LogP contribution in [0.5, 0.6) is 0 Å². The van der Waals surface area contributed by atoms with Crippen LogP contribution >= 0.6 is 0 Å². The van der Waals surface area contributed by atoms with Crippen molar-refractivity contribution in [1.29, 1.82) is 0 Å². The number of nitrogens with one attached hydrogen (secondary N) is 2. The Morgan fingerprint density at radius 2 is 2.24 bits per heavy atom. The standard InChI is InChI=1S/C11H17N9O/c1-3-14-8(21)6-19(2)10-15-9(18-12)16-11(17-10)20-5-4-13-7-20/h4-5,7H,3,6,12H2,1-2H3,(H,14,21)(H,15,16,17,18). The van der Waals surface area contributed by atoms with Gasteiger partial charge in [0.25, 0.3) is 0 Å². The van der Waals surface area contributed by atoms with Crippen molar-refractivity contribution in [2.45, 2.75) is 6.92 Å². The molecule has 1 amide bonds. The van der Waals surface area contributed by atoms with Crippen molar-refractivity contribution in [3.8, 4) is 5.95 Å². The van der Waals surface area contributed by atoms with Gasteiger partial charge in [0.05, 0.1) is 6.54 Å². The second-order valence-corrected chi connectivity index (χ2v) is 4.18. The quantitative estimate of drug-likeness (QED) is 0.453. The van der Waals surface area contributed by atoms with E-state index >= 15 is 0 Å². The van der Waals surface area contributed by atoms with Crippen LogP contribution in [0.3, 0.4) is 0 Å². The number of carbonyl (C=O) groups excluding carboxylic acids is 1. The van der Waals surface area contributed by atoms with E-state index in [0.717, 1.165) is 0 Å². The number of nitrogens with two attached hydrogens (primary N) is 1. The number of hydrogen-bond acceptors (Lipinski definition) is 8. The molecule has 0 aliphatic heterocycles. The van der Waals surface area contributed by atoms with Crippen LogP contribution in [0.15, 0.2) is 18.7 Å². The number of rotatable bonds is 6. The molecule has 0 atom stereocenters. The minimum absolute atomic E-state index is 0.119. The highest BCUT2D eigenvalue weighted by atomic mass is 16.2. The monoisotopic (exact) mass is 291 g/mol. The summed E-state index contributed by atoms with van der Waals surface area (Å²) in [5.41, 5.74) is 2.38. The van der Waals surface area contributed by atoms with Crippen molar-refractivity contribution >= 4 is 17.8 Å². The molecule has 10 nitrogen and oxygen atoms in total. The lowest BCUT2D eigenvalue weighted by molar-refractivity contribution is -0.119. The van der Waals surface area contributed by atoms with Crippen LogP contribution in [0, 0.1) is 0 Å². The molecule has 10 heteroatoms. The predicted molar refractivity (Wildman–Crippen MR) is 76.7 cm³/mol. The summed E-state index contributed by atoms with van der Waals surface area (Å²) < 4.78 is 1.62. The average Bonchev–Trinajstić information content (AvgIpc) is 3.01. The van der Waals surface area contributed by atoms with Crippen LogP contribution in [-0.4, -0.2) is 50.5 Å². The topological polar surface area (TPSA) is 127 Å². The molecule has 0 aliphatic rings. The summed E-state index contributed by atoms with van der Waals surface area (Å²) in [5.74, 6) is 6.13. The number of nitrogens with zero attached hydrogens (tertiary/aromatic N) is 6. The summed E-state index contributed by atoms with van der Waals surface area (Å²) in [6.45, 7) is 2.55. The lowest BCUT2D eigenvalue weighted by Crippen LogP contribution is -2.36. The van der Waals surface area contributed by atoms with Gasteiger partial charge in [0, 0.05) is 26.0 Å². The minimum Gasteiger partial charge on any atom is -0.355 e. The number of anilines is 2. The summed E-state index contributed by atoms with van der Waals surface area (Å²) in [6, 6.07) is 0. The fraction of sp³-hybridized carbons (Fsp3) is 0.364. The number of imidazole rings is 1. The van der Waals surface area contributed by atoms with E-state index in [1.54, 1.807) is 35.2 Å². The van der Waals surface area contributed by atoms with Gasteiger partial charge in [-0.2, -0.15) is 15.0 Å². The van der Waals surface area contributed by atoms with Gasteiger partial charge in [-0.05, 0) is 6.92 Å². The molecule has 0 radical (unpaired) electrons. The van der Waals surface area contributed by atoms with Crippen molar-refractivity contribution in [3.63, 3.8) is 0 Å². The summed E-state index contributed by atoms with van der Waals surface area (Å²) in [7, 11) is 1.71. The normalized spacial score (nSPS) is 10.2. The number of hydrazine groups is 1. The van der Waals surface area contributed by atoms with E-state index in [1.165, 1.54) is 0 Å². The molecule has 0 spiro atoms. The molecule has 0 aliphatic carbocycles. The molecule has 2 aromatic heterocycles. The van der Waals surface area contributed by atoms with Crippen LogP contribution in [0.25, 0.3) is 5.95 Å². The van der Waals surface area contributed by atoms with Gasteiger partial charge in [-0.15, -0.1) is 0 Å². The highest BCUT2D eigenvalue weighted by Crippen LogP contribution is 2.11.